The number of nitrogens with one attached hydrogen (secondary N) is 1. The van der Waals surface area contributed by atoms with Gasteiger partial charge in [-0.25, -0.2) is 0 Å². The number of aromatic nitrogens is 2. The summed E-state index contributed by atoms with van der Waals surface area (Å²) in [6, 6.07) is 6.43. The summed E-state index contributed by atoms with van der Waals surface area (Å²) in [7, 11) is 1.87. The number of fused-ring (bicyclic) bond motifs is 1. The Kier molecular flexibility index (Phi) is 4.21. The average Bonchev–Trinajstić information content (AvgIpc) is 3.32. The summed E-state index contributed by atoms with van der Waals surface area (Å²) in [4.78, 5) is 14.6. The first-order valence-corrected chi connectivity index (χ1v) is 8.97. The summed E-state index contributed by atoms with van der Waals surface area (Å²) in [6.45, 7) is 3.65. The molecule has 2 aliphatic rings. The van der Waals surface area contributed by atoms with Crippen LogP contribution >= 0.6 is 0 Å². The van der Waals surface area contributed by atoms with Crippen molar-refractivity contribution in [1.29, 1.82) is 0 Å². The molecule has 1 fully saturated rings. The number of rotatable bonds is 5. The average molecular weight is 340 g/mol. The number of hydrogen-bond acceptors (Lipinski definition) is 4. The number of benzene rings is 1. The van der Waals surface area contributed by atoms with Crippen LogP contribution in [0.4, 0.5) is 5.69 Å². The third-order valence-electron chi connectivity index (χ3n) is 5.13. The number of aryl methyl sites for hydroxylation is 1. The molecule has 2 aromatic rings. The smallest absolute Gasteiger partial charge is 0.244 e. The molecule has 0 bridgehead atoms. The molecule has 0 spiro atoms. The van der Waals surface area contributed by atoms with Crippen molar-refractivity contribution in [3.63, 3.8) is 0 Å². The molecule has 1 aromatic carbocycles. The highest BCUT2D eigenvalue weighted by Gasteiger charge is 2.34. The molecular formula is C19H24N4O2. The van der Waals surface area contributed by atoms with Crippen molar-refractivity contribution in [2.75, 3.05) is 18.1 Å². The van der Waals surface area contributed by atoms with Crippen molar-refractivity contribution >= 4 is 11.6 Å². The number of carbonyl (C=O) groups is 1. The van der Waals surface area contributed by atoms with Crippen molar-refractivity contribution in [2.24, 2.45) is 7.05 Å². The van der Waals surface area contributed by atoms with Crippen LogP contribution in [0.3, 0.4) is 0 Å². The maximum absolute atomic E-state index is 12.8. The van der Waals surface area contributed by atoms with Crippen LogP contribution in [0, 0.1) is 0 Å². The lowest BCUT2D eigenvalue weighted by Crippen LogP contribution is -2.40. The van der Waals surface area contributed by atoms with Gasteiger partial charge in [0, 0.05) is 32.3 Å². The molecule has 0 radical (unpaired) electrons. The van der Waals surface area contributed by atoms with Gasteiger partial charge in [0.2, 0.25) is 5.91 Å². The maximum Gasteiger partial charge on any atom is 0.244 e. The van der Waals surface area contributed by atoms with Crippen molar-refractivity contribution in [2.45, 2.75) is 38.3 Å². The van der Waals surface area contributed by atoms with Gasteiger partial charge in [0.15, 0.2) is 0 Å². The van der Waals surface area contributed by atoms with Crippen LogP contribution in [0.1, 0.15) is 36.9 Å². The van der Waals surface area contributed by atoms with Gasteiger partial charge >= 0.3 is 0 Å². The maximum atomic E-state index is 12.8. The van der Waals surface area contributed by atoms with Gasteiger partial charge < -0.3 is 9.64 Å². The molecule has 6 nitrogen and oxygen atoms in total. The third-order valence-corrected chi connectivity index (χ3v) is 5.13. The van der Waals surface area contributed by atoms with Gasteiger partial charge in [-0.15, -0.1) is 0 Å². The zero-order valence-corrected chi connectivity index (χ0v) is 14.7. The van der Waals surface area contributed by atoms with E-state index in [9.17, 15) is 4.79 Å². The first kappa shape index (κ1) is 16.1. The second-order valence-corrected chi connectivity index (χ2v) is 6.80. The normalized spacial score (nSPS) is 20.6. The van der Waals surface area contributed by atoms with E-state index in [0.29, 0.717) is 0 Å². The number of hydrogen-bond donors (Lipinski definition) is 1. The van der Waals surface area contributed by atoms with Gasteiger partial charge in [-0.3, -0.25) is 14.8 Å². The topological polar surface area (TPSA) is 59.4 Å². The third kappa shape index (κ3) is 3.02. The zero-order chi connectivity index (χ0) is 17.4. The van der Waals surface area contributed by atoms with Crippen LogP contribution < -0.4 is 15.0 Å². The van der Waals surface area contributed by atoms with Crippen molar-refractivity contribution < 1.29 is 9.53 Å². The molecule has 2 aliphatic heterocycles. The van der Waals surface area contributed by atoms with E-state index in [1.54, 1.807) is 10.9 Å². The van der Waals surface area contributed by atoms with E-state index in [4.69, 9.17) is 4.74 Å². The lowest BCUT2D eigenvalue weighted by molar-refractivity contribution is -0.119. The predicted octanol–water partition coefficient (Wildman–Crippen LogP) is 2.20. The van der Waals surface area contributed by atoms with Gasteiger partial charge in [-0.2, -0.15) is 5.10 Å². The fourth-order valence-corrected chi connectivity index (χ4v) is 3.75. The summed E-state index contributed by atoms with van der Waals surface area (Å²) in [5, 5.41) is 7.74. The van der Waals surface area contributed by atoms with Crippen LogP contribution in [0.2, 0.25) is 0 Å². The molecule has 1 saturated heterocycles. The summed E-state index contributed by atoms with van der Waals surface area (Å²) < 4.78 is 7.32. The Hall–Kier alpha value is -2.34. The highest BCUT2D eigenvalue weighted by molar-refractivity contribution is 5.99. The SMILES string of the molecule is CCC(NC1CCN(c2cnn(C)c2)C1=O)c1ccc2c(c1)CCO2. The zero-order valence-electron chi connectivity index (χ0n) is 14.7. The molecule has 0 saturated carbocycles. The standard InChI is InChI=1S/C19H24N4O2/c1-3-16(13-4-5-18-14(10-13)7-9-25-18)21-17-6-8-23(19(17)24)15-11-20-22(2)12-15/h4-5,10-12,16-17,21H,3,6-9H2,1-2H3. The summed E-state index contributed by atoms with van der Waals surface area (Å²) in [5.74, 6) is 1.13. The molecule has 132 valence electrons. The van der Waals surface area contributed by atoms with E-state index in [-0.39, 0.29) is 18.0 Å². The van der Waals surface area contributed by atoms with E-state index in [2.05, 4.69) is 35.5 Å². The minimum absolute atomic E-state index is 0.135. The Bertz CT molecular complexity index is 785. The van der Waals surface area contributed by atoms with Gasteiger partial charge in [0.05, 0.1) is 24.5 Å². The summed E-state index contributed by atoms with van der Waals surface area (Å²) >= 11 is 0. The monoisotopic (exact) mass is 340 g/mol. The van der Waals surface area contributed by atoms with Crippen LogP contribution in [0.5, 0.6) is 5.75 Å². The minimum atomic E-state index is -0.144. The Morgan fingerprint density at radius 3 is 3.08 bits per heavy atom. The van der Waals surface area contributed by atoms with Crippen molar-refractivity contribution in [1.82, 2.24) is 15.1 Å². The van der Waals surface area contributed by atoms with Crippen LogP contribution in [0.15, 0.2) is 30.6 Å². The Morgan fingerprint density at radius 2 is 2.32 bits per heavy atom. The first-order valence-electron chi connectivity index (χ1n) is 8.97. The fraction of sp³-hybridized carbons (Fsp3) is 0.474. The van der Waals surface area contributed by atoms with E-state index in [1.165, 1.54) is 11.1 Å². The molecule has 25 heavy (non-hydrogen) atoms. The molecule has 6 heteroatoms. The van der Waals surface area contributed by atoms with Crippen molar-refractivity contribution in [3.05, 3.63) is 41.7 Å². The highest BCUT2D eigenvalue weighted by Crippen LogP contribution is 2.30. The fourth-order valence-electron chi connectivity index (χ4n) is 3.75. The molecular weight excluding hydrogens is 316 g/mol. The quantitative estimate of drug-likeness (QED) is 0.906. The molecule has 0 aliphatic carbocycles. The van der Waals surface area contributed by atoms with Crippen molar-refractivity contribution in [3.8, 4) is 5.75 Å². The minimum Gasteiger partial charge on any atom is -0.493 e. The van der Waals surface area contributed by atoms with E-state index in [1.807, 2.05) is 18.1 Å². The van der Waals surface area contributed by atoms with E-state index >= 15 is 0 Å². The predicted molar refractivity (Wildman–Crippen MR) is 95.8 cm³/mol. The van der Waals surface area contributed by atoms with Crippen LogP contribution in [-0.4, -0.2) is 34.9 Å². The second-order valence-electron chi connectivity index (χ2n) is 6.80. The van der Waals surface area contributed by atoms with Gasteiger partial charge in [0.1, 0.15) is 5.75 Å². The molecule has 1 aromatic heterocycles. The first-order chi connectivity index (χ1) is 12.2. The van der Waals surface area contributed by atoms with Gasteiger partial charge in [0.25, 0.3) is 0 Å². The molecule has 3 heterocycles. The lowest BCUT2D eigenvalue weighted by atomic mass is 9.99. The van der Waals surface area contributed by atoms with E-state index in [0.717, 1.165) is 43.9 Å². The van der Waals surface area contributed by atoms with E-state index < -0.39 is 0 Å². The largest absolute Gasteiger partial charge is 0.493 e. The summed E-state index contributed by atoms with van der Waals surface area (Å²) in [6.07, 6.45) is 6.36. The number of anilines is 1. The number of nitrogens with zero attached hydrogens (tertiary/aromatic N) is 3. The Labute approximate surface area is 147 Å². The van der Waals surface area contributed by atoms with Gasteiger partial charge in [-0.1, -0.05) is 19.1 Å². The van der Waals surface area contributed by atoms with Crippen LogP contribution in [-0.2, 0) is 18.3 Å². The molecule has 1 amide bonds. The molecule has 1 N–H and O–H groups in total. The molecule has 2 atom stereocenters. The molecule has 2 unspecified atom stereocenters. The second kappa shape index (κ2) is 6.52. The Balaban J connectivity index is 1.48. The number of ether oxygens (including phenoxy) is 1. The number of carbonyl (C=O) groups excluding carboxylic acids is 1. The van der Waals surface area contributed by atoms with Gasteiger partial charge in [-0.05, 0) is 30.0 Å². The highest BCUT2D eigenvalue weighted by atomic mass is 16.5. The molecule has 4 rings (SSSR count). The lowest BCUT2D eigenvalue weighted by Gasteiger charge is -2.22. The number of amides is 1. The summed E-state index contributed by atoms with van der Waals surface area (Å²) in [5.41, 5.74) is 3.38. The Morgan fingerprint density at radius 1 is 1.44 bits per heavy atom. The van der Waals surface area contributed by atoms with Crippen LogP contribution in [0.25, 0.3) is 0 Å².